The Labute approximate surface area is 261 Å². The number of hydrogen-bond acceptors (Lipinski definition) is 5. The highest BCUT2D eigenvalue weighted by Gasteiger charge is 2.39. The van der Waals surface area contributed by atoms with E-state index in [9.17, 15) is 54.6 Å². The molecule has 8 nitrogen and oxygen atoms in total. The van der Waals surface area contributed by atoms with Crippen LogP contribution in [-0.2, 0) is 24.4 Å². The fourth-order valence-electron chi connectivity index (χ4n) is 5.24. The van der Waals surface area contributed by atoms with Gasteiger partial charge in [0.1, 0.15) is 35.0 Å². The molecule has 16 heteroatoms. The van der Waals surface area contributed by atoms with Gasteiger partial charge in [-0.3, -0.25) is 14.6 Å². The molecular weight excluding hydrogens is 644 g/mol. The highest BCUT2D eigenvalue weighted by atomic mass is 19.4. The van der Waals surface area contributed by atoms with E-state index in [2.05, 4.69) is 4.98 Å². The van der Waals surface area contributed by atoms with Crippen LogP contribution >= 0.6 is 0 Å². The summed E-state index contributed by atoms with van der Waals surface area (Å²) in [5.41, 5.74) is -4.79. The lowest BCUT2D eigenvalue weighted by molar-refractivity contribution is -0.143. The number of rotatable bonds is 9. The molecule has 0 saturated heterocycles. The van der Waals surface area contributed by atoms with Crippen LogP contribution in [0, 0.1) is 18.6 Å². The molecular formula is C31H26F8N4O4. The molecule has 0 unspecified atom stereocenters. The third kappa shape index (κ3) is 7.20. The van der Waals surface area contributed by atoms with Crippen molar-refractivity contribution in [3.8, 4) is 11.1 Å². The summed E-state index contributed by atoms with van der Waals surface area (Å²) in [6.45, 7) is 2.54. The third-order valence-electron chi connectivity index (χ3n) is 7.40. The first kappa shape index (κ1) is 34.8. The predicted octanol–water partition coefficient (Wildman–Crippen LogP) is 6.38. The largest absolute Gasteiger partial charge is 0.480 e. The number of carboxylic acids is 1. The molecule has 0 saturated carbocycles. The van der Waals surface area contributed by atoms with E-state index in [1.54, 1.807) is 0 Å². The van der Waals surface area contributed by atoms with Gasteiger partial charge in [0, 0.05) is 48.1 Å². The van der Waals surface area contributed by atoms with Crippen LogP contribution in [0.4, 0.5) is 40.8 Å². The second-order valence-electron chi connectivity index (χ2n) is 10.7. The summed E-state index contributed by atoms with van der Waals surface area (Å²) in [7, 11) is 1.13. The second kappa shape index (κ2) is 13.0. The number of fused-ring (bicyclic) bond motifs is 1. The zero-order valence-corrected chi connectivity index (χ0v) is 24.8. The molecule has 0 aliphatic carbocycles. The average molecular weight is 671 g/mol. The number of nitrogens with one attached hydrogen (secondary N) is 2. The summed E-state index contributed by atoms with van der Waals surface area (Å²) >= 11 is 0. The van der Waals surface area contributed by atoms with Gasteiger partial charge in [0.2, 0.25) is 0 Å². The number of carbonyl (C=O) groups excluding carboxylic acids is 1. The molecule has 3 N–H and O–H groups in total. The first-order valence-corrected chi connectivity index (χ1v) is 13.8. The molecule has 0 aliphatic heterocycles. The summed E-state index contributed by atoms with van der Waals surface area (Å²) in [6, 6.07) is 2.16. The van der Waals surface area contributed by atoms with Gasteiger partial charge in [-0.15, -0.1) is 0 Å². The Balaban J connectivity index is 1.71. The Hall–Kier alpha value is -5.02. The highest BCUT2D eigenvalue weighted by Crippen LogP contribution is 2.38. The van der Waals surface area contributed by atoms with Crippen LogP contribution in [0.2, 0.25) is 0 Å². The minimum atomic E-state index is -4.94. The maximum absolute atomic E-state index is 14.8. The van der Waals surface area contributed by atoms with Crippen LogP contribution in [-0.4, -0.2) is 44.8 Å². The van der Waals surface area contributed by atoms with Gasteiger partial charge in [-0.1, -0.05) is 25.1 Å². The Bertz CT molecular complexity index is 1900. The molecule has 0 fully saturated rings. The number of amides is 1. The van der Waals surface area contributed by atoms with Gasteiger partial charge in [-0.2, -0.15) is 26.3 Å². The predicted molar refractivity (Wildman–Crippen MR) is 155 cm³/mol. The minimum absolute atomic E-state index is 0.0196. The summed E-state index contributed by atoms with van der Waals surface area (Å²) in [5, 5.41) is 13.9. The van der Waals surface area contributed by atoms with E-state index < -0.39 is 88.7 Å². The van der Waals surface area contributed by atoms with Crippen LogP contribution in [0.5, 0.6) is 0 Å². The number of aliphatic carboxylic acids is 1. The zero-order valence-electron chi connectivity index (χ0n) is 24.8. The summed E-state index contributed by atoms with van der Waals surface area (Å²) < 4.78 is 112. The van der Waals surface area contributed by atoms with Crippen molar-refractivity contribution < 1.29 is 49.8 Å². The van der Waals surface area contributed by atoms with Gasteiger partial charge in [0.05, 0.1) is 11.1 Å². The molecule has 0 radical (unpaired) electrons. The molecule has 0 aliphatic rings. The molecule has 4 aromatic rings. The molecule has 2 atom stereocenters. The quantitative estimate of drug-likeness (QED) is 0.178. The third-order valence-corrected chi connectivity index (χ3v) is 7.40. The van der Waals surface area contributed by atoms with E-state index in [0.29, 0.717) is 12.1 Å². The van der Waals surface area contributed by atoms with Gasteiger partial charge >= 0.3 is 18.3 Å². The lowest BCUT2D eigenvalue weighted by Crippen LogP contribution is -2.43. The number of alkyl halides is 6. The molecule has 0 spiro atoms. The first-order valence-electron chi connectivity index (χ1n) is 13.8. The lowest BCUT2D eigenvalue weighted by atomic mass is 9.93. The molecule has 2 heterocycles. The summed E-state index contributed by atoms with van der Waals surface area (Å²) in [4.78, 5) is 42.2. The van der Waals surface area contributed by atoms with Crippen molar-refractivity contribution in [3.63, 3.8) is 0 Å². The molecule has 2 aromatic carbocycles. The number of anilines is 1. The maximum Gasteiger partial charge on any atom is 0.432 e. The Morgan fingerprint density at radius 1 is 1.04 bits per heavy atom. The van der Waals surface area contributed by atoms with Crippen molar-refractivity contribution in [2.45, 2.75) is 51.1 Å². The second-order valence-corrected chi connectivity index (χ2v) is 10.7. The van der Waals surface area contributed by atoms with Crippen LogP contribution in [0.3, 0.4) is 0 Å². The van der Waals surface area contributed by atoms with Crippen molar-refractivity contribution in [1.29, 1.82) is 0 Å². The number of benzene rings is 2. The Morgan fingerprint density at radius 3 is 2.23 bits per heavy atom. The summed E-state index contributed by atoms with van der Waals surface area (Å²) in [6.07, 6.45) is -8.40. The van der Waals surface area contributed by atoms with Crippen LogP contribution in [0.25, 0.3) is 22.0 Å². The van der Waals surface area contributed by atoms with Crippen molar-refractivity contribution >= 4 is 28.5 Å². The first-order chi connectivity index (χ1) is 21.8. The van der Waals surface area contributed by atoms with Gasteiger partial charge in [-0.05, 0) is 37.1 Å². The molecule has 1 amide bonds. The Kier molecular flexibility index (Phi) is 9.64. The number of carboxylic acid groups (broad SMARTS) is 1. The van der Waals surface area contributed by atoms with Crippen molar-refractivity contribution in [3.05, 3.63) is 93.0 Å². The van der Waals surface area contributed by atoms with E-state index in [1.807, 2.05) is 10.6 Å². The fraction of sp³-hybridized carbons (Fsp3) is 0.290. The summed E-state index contributed by atoms with van der Waals surface area (Å²) in [5.74, 6) is -6.31. The van der Waals surface area contributed by atoms with Crippen molar-refractivity contribution in [2.75, 3.05) is 5.32 Å². The monoisotopic (exact) mass is 670 g/mol. The van der Waals surface area contributed by atoms with Crippen LogP contribution in [0.1, 0.15) is 40.5 Å². The minimum Gasteiger partial charge on any atom is -0.480 e. The van der Waals surface area contributed by atoms with E-state index in [4.69, 9.17) is 0 Å². The highest BCUT2D eigenvalue weighted by molar-refractivity contribution is 5.99. The van der Waals surface area contributed by atoms with E-state index in [-0.39, 0.29) is 27.6 Å². The standard InChI is InChI=1S/C31H26F8N4O4/c1-4-22(30(34,35)36)41-16-11-19(32)24(20(33)12-16)28(45)42-21(29(46)47)10-15-7-8-18(25-17(15)6-5-9-40-25)23-26(44)14(2)13-43(3)27(23)31(37,38)39/h5-9,11-13,21-22,41H,4,10H2,1-3H3,(H,42,45)(H,46,47)/t21-,22+/m0/s1. The van der Waals surface area contributed by atoms with Crippen molar-refractivity contribution in [1.82, 2.24) is 14.9 Å². The van der Waals surface area contributed by atoms with Gasteiger partial charge in [0.25, 0.3) is 5.91 Å². The van der Waals surface area contributed by atoms with Gasteiger partial charge < -0.3 is 20.3 Å². The van der Waals surface area contributed by atoms with Gasteiger partial charge in [0.15, 0.2) is 5.43 Å². The number of halogens is 8. The molecule has 250 valence electrons. The topological polar surface area (TPSA) is 113 Å². The van der Waals surface area contributed by atoms with E-state index in [1.165, 1.54) is 38.2 Å². The number of aryl methyl sites for hydroxylation is 2. The zero-order chi connectivity index (χ0) is 35.0. The molecule has 47 heavy (non-hydrogen) atoms. The molecule has 0 bridgehead atoms. The lowest BCUT2D eigenvalue weighted by Gasteiger charge is -2.22. The van der Waals surface area contributed by atoms with Crippen molar-refractivity contribution in [2.24, 2.45) is 7.05 Å². The van der Waals surface area contributed by atoms with Gasteiger partial charge in [-0.25, -0.2) is 13.6 Å². The number of hydrogen-bond donors (Lipinski definition) is 3. The normalized spacial score (nSPS) is 13.3. The molecule has 2 aromatic heterocycles. The maximum atomic E-state index is 14.8. The number of aromatic nitrogens is 2. The molecule has 4 rings (SSSR count). The fourth-order valence-corrected chi connectivity index (χ4v) is 5.24. The smallest absolute Gasteiger partial charge is 0.432 e. The SMILES string of the molecule is CC[C@@H](Nc1cc(F)c(C(=O)N[C@@H](Cc2ccc(-c3c(C(F)(F)F)n(C)cc(C)c3=O)c3ncccc23)C(=O)O)c(F)c1)C(F)(F)F. The van der Waals surface area contributed by atoms with Crippen LogP contribution < -0.4 is 16.1 Å². The van der Waals surface area contributed by atoms with E-state index in [0.717, 1.165) is 23.9 Å². The number of carbonyl (C=O) groups is 2. The number of nitrogens with zero attached hydrogens (tertiary/aromatic N) is 2. The number of pyridine rings is 2. The Morgan fingerprint density at radius 2 is 1.68 bits per heavy atom. The van der Waals surface area contributed by atoms with E-state index >= 15 is 0 Å². The van der Waals surface area contributed by atoms with Crippen LogP contribution in [0.15, 0.2) is 53.6 Å². The average Bonchev–Trinajstić information content (AvgIpc) is 2.95.